The number of ether oxygens (including phenoxy) is 1. The van der Waals surface area contributed by atoms with E-state index in [1.165, 1.54) is 17.5 Å². The van der Waals surface area contributed by atoms with E-state index in [-0.39, 0.29) is 6.04 Å². The molecule has 2 rings (SSSR count). The van der Waals surface area contributed by atoms with Crippen molar-refractivity contribution in [3.8, 4) is 5.75 Å². The number of methoxy groups -OCH3 is 1. The van der Waals surface area contributed by atoms with Crippen molar-refractivity contribution in [3.05, 3.63) is 41.5 Å². The Bertz CT molecular complexity index is 510. The highest BCUT2D eigenvalue weighted by atomic mass is 16.5. The minimum absolute atomic E-state index is 0.114. The summed E-state index contributed by atoms with van der Waals surface area (Å²) in [7, 11) is 1.70. The zero-order valence-electron chi connectivity index (χ0n) is 11.6. The Labute approximate surface area is 113 Å². The lowest BCUT2D eigenvalue weighted by Gasteiger charge is -2.17. The highest BCUT2D eigenvalue weighted by molar-refractivity contribution is 5.37. The van der Waals surface area contributed by atoms with Crippen LogP contribution in [0.5, 0.6) is 5.75 Å². The first kappa shape index (κ1) is 13.5. The largest absolute Gasteiger partial charge is 0.496 e. The molecule has 0 saturated heterocycles. The number of nitrogens with zero attached hydrogens (tertiary/aromatic N) is 2. The van der Waals surface area contributed by atoms with Gasteiger partial charge in [-0.15, -0.1) is 0 Å². The van der Waals surface area contributed by atoms with Gasteiger partial charge in [0.15, 0.2) is 0 Å². The minimum Gasteiger partial charge on any atom is -0.496 e. The molecule has 0 bridgehead atoms. The fourth-order valence-electron chi connectivity index (χ4n) is 2.18. The number of rotatable bonds is 6. The maximum Gasteiger partial charge on any atom is 0.141 e. The molecule has 1 aromatic carbocycles. The highest BCUT2D eigenvalue weighted by Gasteiger charge is 2.16. The Morgan fingerprint density at radius 3 is 2.89 bits per heavy atom. The second-order valence-corrected chi connectivity index (χ2v) is 4.50. The van der Waals surface area contributed by atoms with E-state index in [1.54, 1.807) is 7.11 Å². The van der Waals surface area contributed by atoms with Crippen LogP contribution in [0, 0.1) is 6.92 Å². The smallest absolute Gasteiger partial charge is 0.141 e. The molecule has 0 radical (unpaired) electrons. The Kier molecular flexibility index (Phi) is 4.52. The van der Waals surface area contributed by atoms with Gasteiger partial charge in [0, 0.05) is 0 Å². The lowest BCUT2D eigenvalue weighted by atomic mass is 10.0. The minimum atomic E-state index is 0.114. The van der Waals surface area contributed by atoms with Crippen LogP contribution >= 0.6 is 0 Å². The first-order valence-corrected chi connectivity index (χ1v) is 6.46. The Hall–Kier alpha value is -1.88. The Morgan fingerprint density at radius 2 is 2.26 bits per heavy atom. The Morgan fingerprint density at radius 1 is 1.42 bits per heavy atom. The molecule has 1 unspecified atom stereocenters. The van der Waals surface area contributed by atoms with Gasteiger partial charge in [0.25, 0.3) is 0 Å². The molecule has 0 aliphatic heterocycles. The molecular formula is C14H20N4O. The van der Waals surface area contributed by atoms with Crippen molar-refractivity contribution < 1.29 is 4.74 Å². The maximum absolute atomic E-state index is 5.42. The summed E-state index contributed by atoms with van der Waals surface area (Å²) in [5.41, 5.74) is 2.40. The zero-order chi connectivity index (χ0) is 13.7. The van der Waals surface area contributed by atoms with Crippen molar-refractivity contribution in [1.29, 1.82) is 0 Å². The summed E-state index contributed by atoms with van der Waals surface area (Å²) >= 11 is 0. The van der Waals surface area contributed by atoms with Crippen LogP contribution in [0.4, 0.5) is 0 Å². The van der Waals surface area contributed by atoms with E-state index in [1.807, 2.05) is 6.07 Å². The quantitative estimate of drug-likeness (QED) is 0.834. The van der Waals surface area contributed by atoms with E-state index in [0.717, 1.165) is 24.5 Å². The van der Waals surface area contributed by atoms with E-state index >= 15 is 0 Å². The van der Waals surface area contributed by atoms with Crippen molar-refractivity contribution in [1.82, 2.24) is 20.5 Å². The van der Waals surface area contributed by atoms with Gasteiger partial charge in [-0.05, 0) is 31.5 Å². The van der Waals surface area contributed by atoms with Crippen LogP contribution < -0.4 is 10.1 Å². The fourth-order valence-corrected chi connectivity index (χ4v) is 2.18. The van der Waals surface area contributed by atoms with Gasteiger partial charge in [-0.25, -0.2) is 4.98 Å². The SMILES string of the molecule is CCNC(Cc1cc(C)ccc1OC)c1ncn[nH]1. The predicted octanol–water partition coefficient (Wildman–Crippen LogP) is 2.02. The van der Waals surface area contributed by atoms with Gasteiger partial charge in [-0.1, -0.05) is 24.6 Å². The van der Waals surface area contributed by atoms with Gasteiger partial charge in [0.1, 0.15) is 17.9 Å². The molecule has 0 fully saturated rings. The second-order valence-electron chi connectivity index (χ2n) is 4.50. The van der Waals surface area contributed by atoms with Gasteiger partial charge in [0.05, 0.1) is 13.2 Å². The first-order valence-electron chi connectivity index (χ1n) is 6.46. The van der Waals surface area contributed by atoms with Crippen LogP contribution in [0.25, 0.3) is 0 Å². The van der Waals surface area contributed by atoms with Crippen LogP contribution in [0.2, 0.25) is 0 Å². The van der Waals surface area contributed by atoms with E-state index in [2.05, 4.69) is 46.5 Å². The number of aryl methyl sites for hydroxylation is 1. The standard InChI is InChI=1S/C14H20N4O/c1-4-15-12(14-16-9-17-18-14)8-11-7-10(2)5-6-13(11)19-3/h5-7,9,12,15H,4,8H2,1-3H3,(H,16,17,18). The molecule has 2 N–H and O–H groups in total. The number of likely N-dealkylation sites (N-methyl/N-ethyl adjacent to an activating group) is 1. The average molecular weight is 260 g/mol. The number of nitrogens with one attached hydrogen (secondary N) is 2. The van der Waals surface area contributed by atoms with Crippen molar-refractivity contribution in [2.24, 2.45) is 0 Å². The van der Waals surface area contributed by atoms with Crippen molar-refractivity contribution in [2.45, 2.75) is 26.3 Å². The van der Waals surface area contributed by atoms with E-state index in [4.69, 9.17) is 4.74 Å². The zero-order valence-corrected chi connectivity index (χ0v) is 11.6. The molecule has 0 aliphatic carbocycles. The van der Waals surface area contributed by atoms with Gasteiger partial charge < -0.3 is 10.1 Å². The molecule has 1 heterocycles. The summed E-state index contributed by atoms with van der Waals surface area (Å²) in [6, 6.07) is 6.33. The van der Waals surface area contributed by atoms with Crippen LogP contribution in [0.15, 0.2) is 24.5 Å². The topological polar surface area (TPSA) is 62.8 Å². The monoisotopic (exact) mass is 260 g/mol. The Balaban J connectivity index is 2.24. The molecule has 0 saturated carbocycles. The molecule has 19 heavy (non-hydrogen) atoms. The number of benzene rings is 1. The number of aromatic nitrogens is 3. The number of aromatic amines is 1. The van der Waals surface area contributed by atoms with Crippen molar-refractivity contribution in [2.75, 3.05) is 13.7 Å². The molecule has 0 spiro atoms. The van der Waals surface area contributed by atoms with E-state index < -0.39 is 0 Å². The van der Waals surface area contributed by atoms with Crippen LogP contribution in [-0.2, 0) is 6.42 Å². The van der Waals surface area contributed by atoms with Gasteiger partial charge in [-0.3, -0.25) is 5.10 Å². The van der Waals surface area contributed by atoms with Crippen molar-refractivity contribution in [3.63, 3.8) is 0 Å². The number of H-pyrrole nitrogens is 1. The first-order chi connectivity index (χ1) is 9.24. The van der Waals surface area contributed by atoms with Crippen LogP contribution in [0.3, 0.4) is 0 Å². The van der Waals surface area contributed by atoms with Crippen molar-refractivity contribution >= 4 is 0 Å². The lowest BCUT2D eigenvalue weighted by molar-refractivity contribution is 0.404. The molecule has 2 aromatic rings. The third kappa shape index (κ3) is 3.32. The molecule has 5 heteroatoms. The summed E-state index contributed by atoms with van der Waals surface area (Å²) < 4.78 is 5.42. The summed E-state index contributed by atoms with van der Waals surface area (Å²) in [6.07, 6.45) is 2.35. The highest BCUT2D eigenvalue weighted by Crippen LogP contribution is 2.24. The van der Waals surface area contributed by atoms with E-state index in [9.17, 15) is 0 Å². The summed E-state index contributed by atoms with van der Waals surface area (Å²) in [6.45, 7) is 5.04. The van der Waals surface area contributed by atoms with E-state index in [0.29, 0.717) is 0 Å². The van der Waals surface area contributed by atoms with Gasteiger partial charge in [0.2, 0.25) is 0 Å². The van der Waals surface area contributed by atoms with Gasteiger partial charge in [-0.2, -0.15) is 5.10 Å². The third-order valence-corrected chi connectivity index (χ3v) is 3.07. The molecule has 1 atom stereocenters. The van der Waals surface area contributed by atoms with Gasteiger partial charge >= 0.3 is 0 Å². The molecular weight excluding hydrogens is 240 g/mol. The summed E-state index contributed by atoms with van der Waals surface area (Å²) in [5, 5.41) is 10.3. The molecule has 5 nitrogen and oxygen atoms in total. The lowest BCUT2D eigenvalue weighted by Crippen LogP contribution is -2.24. The fraction of sp³-hybridized carbons (Fsp3) is 0.429. The summed E-state index contributed by atoms with van der Waals surface area (Å²) in [4.78, 5) is 4.24. The number of hydrogen-bond donors (Lipinski definition) is 2. The molecule has 1 aromatic heterocycles. The summed E-state index contributed by atoms with van der Waals surface area (Å²) in [5.74, 6) is 1.76. The van der Waals surface area contributed by atoms with Crippen LogP contribution in [-0.4, -0.2) is 28.8 Å². The molecule has 0 amide bonds. The average Bonchev–Trinajstić information content (AvgIpc) is 2.92. The third-order valence-electron chi connectivity index (χ3n) is 3.07. The second kappa shape index (κ2) is 6.33. The maximum atomic E-state index is 5.42. The number of hydrogen-bond acceptors (Lipinski definition) is 4. The van der Waals surface area contributed by atoms with Crippen LogP contribution in [0.1, 0.15) is 29.9 Å². The molecule has 0 aliphatic rings. The predicted molar refractivity (Wildman–Crippen MR) is 74.2 cm³/mol. The normalized spacial score (nSPS) is 12.4. The molecule has 102 valence electrons.